The lowest BCUT2D eigenvalue weighted by Gasteiger charge is -2.44. The van der Waals surface area contributed by atoms with Crippen molar-refractivity contribution >= 4 is 59.4 Å². The van der Waals surface area contributed by atoms with E-state index in [1.165, 1.54) is 31.2 Å². The molecule has 0 bridgehead atoms. The molecular weight excluding hydrogens is 872 g/mol. The number of esters is 4. The summed E-state index contributed by atoms with van der Waals surface area (Å²) >= 11 is 0. The second kappa shape index (κ2) is 25.1. The van der Waals surface area contributed by atoms with Crippen molar-refractivity contribution in [2.45, 2.75) is 141 Å². The lowest BCUT2D eigenvalue weighted by molar-refractivity contribution is -0.316. The average molecular weight is 929 g/mol. The van der Waals surface area contributed by atoms with E-state index in [1.54, 1.807) is 0 Å². The SMILES string of the molecule is CC(=O)OC[C@H]1O[C@@H](O[C@H](C)[C@H](N)C(=O)N[C@H](C(=O)N[C@@H](CC(N)=O)C(=O)N[C@@H](Cc2ccc(O)cc2)C(=O)N[C@H](C(=O)O)[C@@H](C)O)[C@@H](C)O)[C@H](OC(C)=O)[C@@H](OC(C)=O)[C@@H]1OC(C)=O. The third-order valence-corrected chi connectivity index (χ3v) is 9.26. The van der Waals surface area contributed by atoms with Crippen LogP contribution >= 0.6 is 0 Å². The number of carbonyl (C=O) groups excluding carboxylic acids is 9. The number of aliphatic hydroxyl groups excluding tert-OH is 2. The summed E-state index contributed by atoms with van der Waals surface area (Å²) in [4.78, 5) is 126. The molecule has 65 heavy (non-hydrogen) atoms. The van der Waals surface area contributed by atoms with Crippen LogP contribution in [0.1, 0.15) is 60.5 Å². The van der Waals surface area contributed by atoms with Gasteiger partial charge in [0.1, 0.15) is 42.6 Å². The first-order chi connectivity index (χ1) is 30.2. The average Bonchev–Trinajstić information content (AvgIpc) is 3.18. The predicted molar refractivity (Wildman–Crippen MR) is 215 cm³/mol. The first kappa shape index (κ1) is 54.7. The van der Waals surface area contributed by atoms with Crippen molar-refractivity contribution in [1.82, 2.24) is 21.3 Å². The van der Waals surface area contributed by atoms with Crippen molar-refractivity contribution in [2.24, 2.45) is 11.5 Å². The molecule has 0 unspecified atom stereocenters. The molecule has 1 aromatic carbocycles. The Balaban J connectivity index is 2.37. The van der Waals surface area contributed by atoms with E-state index in [-0.39, 0.29) is 12.2 Å². The molecule has 0 aliphatic carbocycles. The molecule has 0 spiro atoms. The number of carboxylic acids is 1. The number of primary amides is 1. The van der Waals surface area contributed by atoms with E-state index in [1.807, 2.05) is 0 Å². The van der Waals surface area contributed by atoms with Gasteiger partial charge in [-0.2, -0.15) is 0 Å². The number of hydrogen-bond acceptors (Lipinski definition) is 20. The van der Waals surface area contributed by atoms with Gasteiger partial charge in [-0.25, -0.2) is 4.79 Å². The van der Waals surface area contributed by atoms with Gasteiger partial charge in [0.25, 0.3) is 0 Å². The number of ether oxygens (including phenoxy) is 6. The highest BCUT2D eigenvalue weighted by molar-refractivity contribution is 5.97. The van der Waals surface area contributed by atoms with E-state index >= 15 is 0 Å². The summed E-state index contributed by atoms with van der Waals surface area (Å²) in [6.45, 7) is 6.85. The zero-order valence-electron chi connectivity index (χ0n) is 36.4. The molecule has 12 N–H and O–H groups in total. The molecule has 1 saturated heterocycles. The molecule has 1 aliphatic rings. The van der Waals surface area contributed by atoms with E-state index in [9.17, 15) is 68.4 Å². The standard InChI is InChI=1S/C39H56N6O20/c1-15(46)29(37(57)43-25(13-27(40)53)34(54)42-24(12-22-8-10-23(52)11-9-22)35(55)45-30(16(2)47)38(58)59)44-36(56)28(41)17(3)61-39-33(64-21(7)51)32(63-20(6)50)31(62-19(5)49)26(65-39)14-60-18(4)48/h8-11,15-17,24-26,28-33,39,46-47,52H,12-14,41H2,1-7H3,(H2,40,53)(H,42,54)(H,43,57)(H,44,56)(H,45,55)(H,58,59)/t15-,16-,17-,24+,25+,26-,28+,29+,30+,31-,32+,33-,39-/m1/s1. The van der Waals surface area contributed by atoms with Gasteiger partial charge in [-0.1, -0.05) is 12.1 Å². The van der Waals surface area contributed by atoms with Crippen molar-refractivity contribution in [3.05, 3.63) is 29.8 Å². The smallest absolute Gasteiger partial charge is 0.328 e. The van der Waals surface area contributed by atoms with Gasteiger partial charge in [0.2, 0.25) is 29.5 Å². The minimum Gasteiger partial charge on any atom is -0.508 e. The fourth-order valence-electron chi connectivity index (χ4n) is 6.13. The highest BCUT2D eigenvalue weighted by Crippen LogP contribution is 2.31. The minimum absolute atomic E-state index is 0.145. The van der Waals surface area contributed by atoms with Crippen LogP contribution in [0.25, 0.3) is 0 Å². The minimum atomic E-state index is -1.92. The van der Waals surface area contributed by atoms with Gasteiger partial charge in [-0.3, -0.25) is 43.2 Å². The van der Waals surface area contributed by atoms with Gasteiger partial charge >= 0.3 is 29.8 Å². The van der Waals surface area contributed by atoms with Crippen LogP contribution in [0.4, 0.5) is 0 Å². The van der Waals surface area contributed by atoms with Crippen LogP contribution in [-0.4, -0.2) is 166 Å². The summed E-state index contributed by atoms with van der Waals surface area (Å²) in [5, 5.41) is 48.4. The number of amides is 5. The van der Waals surface area contributed by atoms with E-state index in [4.69, 9.17) is 39.9 Å². The Morgan fingerprint density at radius 2 is 1.17 bits per heavy atom. The molecule has 5 amide bonds. The predicted octanol–water partition coefficient (Wildman–Crippen LogP) is -4.59. The third-order valence-electron chi connectivity index (χ3n) is 9.26. The van der Waals surface area contributed by atoms with Gasteiger partial charge in [-0.05, 0) is 38.5 Å². The number of aliphatic hydroxyl groups is 2. The van der Waals surface area contributed by atoms with Gasteiger partial charge in [0.05, 0.1) is 24.7 Å². The number of phenolic OH excluding ortho intramolecular Hbond substituents is 1. The van der Waals surface area contributed by atoms with Crippen LogP contribution in [0.2, 0.25) is 0 Å². The molecule has 0 radical (unpaired) electrons. The number of phenols is 1. The van der Waals surface area contributed by atoms with Gasteiger partial charge in [0, 0.05) is 34.1 Å². The lowest BCUT2D eigenvalue weighted by atomic mass is 9.98. The van der Waals surface area contributed by atoms with Crippen LogP contribution < -0.4 is 32.7 Å². The Labute approximate surface area is 371 Å². The fourth-order valence-corrected chi connectivity index (χ4v) is 6.13. The van der Waals surface area contributed by atoms with Crippen LogP contribution in [0.5, 0.6) is 5.75 Å². The van der Waals surface area contributed by atoms with Crippen LogP contribution in [0.3, 0.4) is 0 Å². The maximum Gasteiger partial charge on any atom is 0.328 e. The first-order valence-electron chi connectivity index (χ1n) is 19.8. The Hall–Kier alpha value is -6.48. The fraction of sp³-hybridized carbons (Fsp3) is 0.590. The molecule has 13 atom stereocenters. The topological polar surface area (TPSA) is 407 Å². The van der Waals surface area contributed by atoms with Crippen molar-refractivity contribution in [1.29, 1.82) is 0 Å². The van der Waals surface area contributed by atoms with E-state index in [0.29, 0.717) is 5.56 Å². The summed E-state index contributed by atoms with van der Waals surface area (Å²) in [5.74, 6) is -11.3. The van der Waals surface area contributed by atoms with Crippen LogP contribution in [0.15, 0.2) is 24.3 Å². The highest BCUT2D eigenvalue weighted by atomic mass is 16.7. The van der Waals surface area contributed by atoms with E-state index in [2.05, 4.69) is 21.3 Å². The Morgan fingerprint density at radius 3 is 1.66 bits per heavy atom. The molecule has 0 saturated carbocycles. The maximum atomic E-state index is 13.6. The molecule has 2 rings (SSSR count). The summed E-state index contributed by atoms with van der Waals surface area (Å²) in [7, 11) is 0. The highest BCUT2D eigenvalue weighted by Gasteiger charge is 2.53. The number of nitrogens with one attached hydrogen (secondary N) is 4. The van der Waals surface area contributed by atoms with Crippen LogP contribution in [0, 0.1) is 0 Å². The van der Waals surface area contributed by atoms with Crippen molar-refractivity contribution < 1.29 is 96.8 Å². The number of aliphatic carboxylic acids is 1. The largest absolute Gasteiger partial charge is 0.508 e. The normalized spacial score (nSPS) is 21.7. The summed E-state index contributed by atoms with van der Waals surface area (Å²) in [5.41, 5.74) is 11.9. The van der Waals surface area contributed by atoms with E-state index < -0.39 is 152 Å². The van der Waals surface area contributed by atoms with Crippen LogP contribution in [-0.2, 0) is 82.8 Å². The zero-order valence-corrected chi connectivity index (χ0v) is 36.4. The second-order valence-corrected chi connectivity index (χ2v) is 14.9. The van der Waals surface area contributed by atoms with Crippen molar-refractivity contribution in [2.75, 3.05) is 6.61 Å². The molecule has 26 heteroatoms. The van der Waals surface area contributed by atoms with Crippen molar-refractivity contribution in [3.63, 3.8) is 0 Å². The number of aromatic hydroxyl groups is 1. The van der Waals surface area contributed by atoms with Gasteiger partial charge < -0.3 is 81.6 Å². The maximum absolute atomic E-state index is 13.6. The molecule has 1 aliphatic heterocycles. The zero-order chi connectivity index (χ0) is 49.5. The quantitative estimate of drug-likeness (QED) is 0.0365. The van der Waals surface area contributed by atoms with Crippen molar-refractivity contribution in [3.8, 4) is 5.75 Å². The molecular formula is C39H56N6O20. The molecule has 26 nitrogen and oxygen atoms in total. The number of rotatable bonds is 23. The van der Waals surface area contributed by atoms with E-state index in [0.717, 1.165) is 41.5 Å². The summed E-state index contributed by atoms with van der Waals surface area (Å²) in [6, 6.07) is -3.76. The first-order valence-corrected chi connectivity index (χ1v) is 19.8. The summed E-state index contributed by atoms with van der Waals surface area (Å²) in [6.07, 6.45) is -14.1. The Kier molecular flexibility index (Phi) is 21.1. The number of carbonyl (C=O) groups is 10. The lowest BCUT2D eigenvalue weighted by Crippen LogP contribution is -2.64. The Bertz CT molecular complexity index is 1900. The molecule has 362 valence electrons. The number of benzene rings is 1. The van der Waals surface area contributed by atoms with Gasteiger partial charge in [0.15, 0.2) is 30.6 Å². The molecule has 0 aromatic heterocycles. The molecule has 1 heterocycles. The number of nitrogens with two attached hydrogens (primary N) is 2. The number of hydrogen-bond donors (Lipinski definition) is 10. The monoisotopic (exact) mass is 928 g/mol. The second-order valence-electron chi connectivity index (χ2n) is 14.9. The summed E-state index contributed by atoms with van der Waals surface area (Å²) < 4.78 is 32.8. The Morgan fingerprint density at radius 1 is 0.677 bits per heavy atom. The molecule has 1 fully saturated rings. The molecule has 1 aromatic rings. The van der Waals surface area contributed by atoms with Gasteiger partial charge in [-0.15, -0.1) is 0 Å². The number of carboxylic acid groups (broad SMARTS) is 1. The third kappa shape index (κ3) is 17.5.